The van der Waals surface area contributed by atoms with E-state index in [1.165, 1.54) is 10.4 Å². The first kappa shape index (κ1) is 20.6. The topological polar surface area (TPSA) is 65.4 Å². The highest BCUT2D eigenvalue weighted by atomic mass is 127. The van der Waals surface area contributed by atoms with Crippen LogP contribution in [0.3, 0.4) is 0 Å². The van der Waals surface area contributed by atoms with Gasteiger partial charge in [0.2, 0.25) is 0 Å². The van der Waals surface area contributed by atoms with Crippen LogP contribution in [0.2, 0.25) is 0 Å². The van der Waals surface area contributed by atoms with E-state index < -0.39 is 0 Å². The lowest BCUT2D eigenvalue weighted by atomic mass is 10.2. The van der Waals surface area contributed by atoms with E-state index >= 15 is 0 Å². The Morgan fingerprint density at radius 1 is 1.29 bits per heavy atom. The van der Waals surface area contributed by atoms with Crippen LogP contribution in [-0.2, 0) is 13.0 Å². The van der Waals surface area contributed by atoms with E-state index in [-0.39, 0.29) is 24.0 Å². The predicted molar refractivity (Wildman–Crippen MR) is 113 cm³/mol. The minimum atomic E-state index is 0. The minimum absolute atomic E-state index is 0. The molecule has 2 rings (SSSR count). The lowest BCUT2D eigenvalue weighted by Crippen LogP contribution is -2.37. The zero-order chi connectivity index (χ0) is 16.7. The molecule has 2 heterocycles. The third-order valence-corrected chi connectivity index (χ3v) is 4.22. The normalized spacial score (nSPS) is 10.9. The first-order valence-corrected chi connectivity index (χ1v) is 8.38. The van der Waals surface area contributed by atoms with Gasteiger partial charge in [0, 0.05) is 57.9 Å². The van der Waals surface area contributed by atoms with Crippen molar-refractivity contribution in [2.75, 3.05) is 32.6 Å². The number of aromatic nitrogens is 2. The van der Waals surface area contributed by atoms with Gasteiger partial charge in [-0.1, -0.05) is 0 Å². The number of aryl methyl sites for hydroxylation is 1. The fourth-order valence-electron chi connectivity index (χ4n) is 2.03. The average Bonchev–Trinajstić information content (AvgIpc) is 2.96. The van der Waals surface area contributed by atoms with Gasteiger partial charge in [-0.15, -0.1) is 35.3 Å². The molecule has 132 valence electrons. The molecular weight excluding hydrogens is 435 g/mol. The van der Waals surface area contributed by atoms with Gasteiger partial charge in [-0.2, -0.15) is 0 Å². The van der Waals surface area contributed by atoms with Gasteiger partial charge >= 0.3 is 0 Å². The summed E-state index contributed by atoms with van der Waals surface area (Å²) in [6.07, 6.45) is 4.64. The summed E-state index contributed by atoms with van der Waals surface area (Å²) in [6.45, 7) is 3.59. The molecule has 0 amide bonds. The fraction of sp³-hybridized carbons (Fsp3) is 0.438. The van der Waals surface area contributed by atoms with Crippen molar-refractivity contribution in [3.8, 4) is 0 Å². The molecule has 0 atom stereocenters. The number of nitrogens with zero attached hydrogens (tertiary/aromatic N) is 4. The van der Waals surface area contributed by atoms with Crippen LogP contribution >= 0.6 is 35.3 Å². The lowest BCUT2D eigenvalue weighted by Gasteiger charge is -2.14. The van der Waals surface area contributed by atoms with E-state index in [1.807, 2.05) is 37.5 Å². The SMILES string of the molecule is CN=C(NCCc1ncc(C)s1)NCc1ccnc(N(C)C)c1.I. The van der Waals surface area contributed by atoms with Crippen molar-refractivity contribution in [1.29, 1.82) is 0 Å². The molecule has 0 aliphatic rings. The van der Waals surface area contributed by atoms with Crippen molar-refractivity contribution < 1.29 is 0 Å². The first-order valence-electron chi connectivity index (χ1n) is 7.56. The number of nitrogens with one attached hydrogen (secondary N) is 2. The number of thiazole rings is 1. The third-order valence-electron chi connectivity index (χ3n) is 3.25. The Labute approximate surface area is 164 Å². The third kappa shape index (κ3) is 6.60. The maximum absolute atomic E-state index is 4.36. The average molecular weight is 460 g/mol. The number of anilines is 1. The number of hydrogen-bond donors (Lipinski definition) is 2. The van der Waals surface area contributed by atoms with Gasteiger partial charge in [0.25, 0.3) is 0 Å². The van der Waals surface area contributed by atoms with Crippen LogP contribution in [0.15, 0.2) is 29.5 Å². The molecule has 2 N–H and O–H groups in total. The Morgan fingerprint density at radius 2 is 2.08 bits per heavy atom. The Balaban J connectivity index is 0.00000288. The van der Waals surface area contributed by atoms with E-state index in [2.05, 4.69) is 38.6 Å². The Bertz CT molecular complexity index is 656. The highest BCUT2D eigenvalue weighted by Crippen LogP contribution is 2.11. The predicted octanol–water partition coefficient (Wildman–Crippen LogP) is 2.44. The van der Waals surface area contributed by atoms with E-state index in [0.29, 0.717) is 6.54 Å². The van der Waals surface area contributed by atoms with Gasteiger partial charge in [-0.25, -0.2) is 9.97 Å². The molecule has 24 heavy (non-hydrogen) atoms. The molecule has 0 radical (unpaired) electrons. The van der Waals surface area contributed by atoms with Crippen molar-refractivity contribution in [2.45, 2.75) is 19.9 Å². The largest absolute Gasteiger partial charge is 0.363 e. The zero-order valence-corrected chi connectivity index (χ0v) is 17.7. The Morgan fingerprint density at radius 3 is 2.71 bits per heavy atom. The van der Waals surface area contributed by atoms with Gasteiger partial charge in [0.1, 0.15) is 5.82 Å². The molecule has 2 aromatic rings. The van der Waals surface area contributed by atoms with Crippen LogP contribution in [0, 0.1) is 6.92 Å². The maximum atomic E-state index is 4.36. The summed E-state index contributed by atoms with van der Waals surface area (Å²) in [4.78, 5) is 16.2. The molecule has 0 aliphatic heterocycles. The molecule has 8 heteroatoms. The second-order valence-electron chi connectivity index (χ2n) is 5.38. The van der Waals surface area contributed by atoms with Crippen LogP contribution in [0.4, 0.5) is 5.82 Å². The summed E-state index contributed by atoms with van der Waals surface area (Å²) >= 11 is 1.74. The van der Waals surface area contributed by atoms with E-state index in [1.54, 1.807) is 18.4 Å². The number of pyridine rings is 1. The van der Waals surface area contributed by atoms with E-state index in [4.69, 9.17) is 0 Å². The zero-order valence-electron chi connectivity index (χ0n) is 14.5. The quantitative estimate of drug-likeness (QED) is 0.394. The molecule has 0 saturated carbocycles. The summed E-state index contributed by atoms with van der Waals surface area (Å²) in [7, 11) is 5.75. The van der Waals surface area contributed by atoms with Gasteiger partial charge in [0.05, 0.1) is 5.01 Å². The Kier molecular flexibility index (Phi) is 8.98. The molecule has 0 saturated heterocycles. The van der Waals surface area contributed by atoms with Crippen molar-refractivity contribution >= 4 is 47.1 Å². The standard InChI is InChI=1S/C16H24N6S.HI/c1-12-10-20-15(23-12)6-8-19-16(17-2)21-11-13-5-7-18-14(9-13)22(3)4;/h5,7,9-10H,6,8,11H2,1-4H3,(H2,17,19,21);1H. The second-order valence-corrected chi connectivity index (χ2v) is 6.70. The number of rotatable bonds is 6. The van der Waals surface area contributed by atoms with Gasteiger partial charge in [-0.05, 0) is 24.6 Å². The number of aliphatic imine (C=N–C) groups is 1. The van der Waals surface area contributed by atoms with Crippen molar-refractivity contribution in [2.24, 2.45) is 4.99 Å². The van der Waals surface area contributed by atoms with Crippen LogP contribution in [0.5, 0.6) is 0 Å². The second kappa shape index (κ2) is 10.4. The molecule has 0 bridgehead atoms. The van der Waals surface area contributed by atoms with Crippen LogP contribution in [0.25, 0.3) is 0 Å². The molecule has 0 unspecified atom stereocenters. The number of hydrogen-bond acceptors (Lipinski definition) is 5. The Hall–Kier alpha value is -1.42. The first-order chi connectivity index (χ1) is 11.1. The summed E-state index contributed by atoms with van der Waals surface area (Å²) in [5.41, 5.74) is 1.17. The molecular formula is C16H25IN6S. The molecule has 2 aromatic heterocycles. The van der Waals surface area contributed by atoms with Crippen LogP contribution < -0.4 is 15.5 Å². The van der Waals surface area contributed by atoms with Crippen molar-refractivity contribution in [1.82, 2.24) is 20.6 Å². The van der Waals surface area contributed by atoms with Crippen molar-refractivity contribution in [3.63, 3.8) is 0 Å². The summed E-state index contributed by atoms with van der Waals surface area (Å²) in [6, 6.07) is 4.07. The van der Waals surface area contributed by atoms with E-state index in [9.17, 15) is 0 Å². The molecule has 0 fully saturated rings. The van der Waals surface area contributed by atoms with Crippen LogP contribution in [0.1, 0.15) is 15.4 Å². The molecule has 0 spiro atoms. The number of guanidine groups is 1. The highest BCUT2D eigenvalue weighted by molar-refractivity contribution is 14.0. The summed E-state index contributed by atoms with van der Waals surface area (Å²) in [5, 5.41) is 7.78. The summed E-state index contributed by atoms with van der Waals surface area (Å²) in [5.74, 6) is 1.74. The van der Waals surface area contributed by atoms with Crippen LogP contribution in [-0.4, -0.2) is 43.6 Å². The maximum Gasteiger partial charge on any atom is 0.191 e. The van der Waals surface area contributed by atoms with Gasteiger partial charge in [0.15, 0.2) is 5.96 Å². The smallest absolute Gasteiger partial charge is 0.191 e. The number of halogens is 1. The van der Waals surface area contributed by atoms with Crippen molar-refractivity contribution in [3.05, 3.63) is 40.0 Å². The van der Waals surface area contributed by atoms with Gasteiger partial charge < -0.3 is 15.5 Å². The summed E-state index contributed by atoms with van der Waals surface area (Å²) < 4.78 is 0. The van der Waals surface area contributed by atoms with Gasteiger partial charge in [-0.3, -0.25) is 4.99 Å². The lowest BCUT2D eigenvalue weighted by molar-refractivity contribution is 0.791. The monoisotopic (exact) mass is 460 g/mol. The molecule has 0 aromatic carbocycles. The minimum Gasteiger partial charge on any atom is -0.363 e. The fourth-order valence-corrected chi connectivity index (χ4v) is 2.81. The molecule has 6 nitrogen and oxygen atoms in total. The molecule has 0 aliphatic carbocycles. The highest BCUT2D eigenvalue weighted by Gasteiger charge is 2.03. The van der Waals surface area contributed by atoms with E-state index in [0.717, 1.165) is 29.8 Å².